The maximum absolute atomic E-state index is 12.4. The van der Waals surface area contributed by atoms with Crippen molar-refractivity contribution in [3.8, 4) is 0 Å². The van der Waals surface area contributed by atoms with Gasteiger partial charge in [-0.25, -0.2) is 0 Å². The minimum atomic E-state index is -0.849. The highest BCUT2D eigenvalue weighted by Gasteiger charge is 2.18. The number of ether oxygens (including phenoxy) is 1. The van der Waals surface area contributed by atoms with Gasteiger partial charge in [0.25, 0.3) is 0 Å². The second-order valence-corrected chi connectivity index (χ2v) is 16.4. The first-order valence-electron chi connectivity index (χ1n) is 24.1. The van der Waals surface area contributed by atoms with Crippen LogP contribution in [0.25, 0.3) is 0 Å². The van der Waals surface area contributed by atoms with Crippen LogP contribution in [0.2, 0.25) is 0 Å². The molecule has 0 aromatic heterocycles. The molecule has 1 amide bonds. The third-order valence-corrected chi connectivity index (χ3v) is 11.0. The quantitative estimate of drug-likeness (QED) is 0.0325. The average Bonchev–Trinajstić information content (AvgIpc) is 3.18. The Balaban J connectivity index is 3.46. The van der Waals surface area contributed by atoms with E-state index in [4.69, 9.17) is 4.74 Å². The van der Waals surface area contributed by atoms with Crippen molar-refractivity contribution in [2.45, 2.75) is 264 Å². The molecule has 6 nitrogen and oxygen atoms in total. The Kier molecular flexibility index (Phi) is 43.7. The van der Waals surface area contributed by atoms with Gasteiger partial charge in [0.1, 0.15) is 0 Å². The normalized spacial score (nSPS) is 12.9. The van der Waals surface area contributed by atoms with Crippen LogP contribution in [-0.4, -0.2) is 47.4 Å². The summed E-state index contributed by atoms with van der Waals surface area (Å²) in [6.07, 6.45) is 51.7. The van der Waals surface area contributed by atoms with Gasteiger partial charge in [-0.3, -0.25) is 9.59 Å². The standard InChI is InChI=1S/C49H93NO5/c1-3-5-7-9-11-13-15-16-20-23-27-31-35-39-43-49(54)55-44-40-36-32-28-24-21-18-17-19-22-26-30-34-38-42-48(53)50-46(45-51)47(52)41-37-33-29-25-14-12-10-8-6-4-2/h15-16,37,41,46-47,51-52H,3-14,17-36,38-40,42-45H2,1-2H3,(H,50,53)/b16-15-,41-37+. The Morgan fingerprint density at radius 2 is 0.855 bits per heavy atom. The minimum absolute atomic E-state index is 0.0128. The number of aliphatic hydroxyl groups excluding tert-OH is 2. The molecule has 0 aliphatic heterocycles. The molecule has 0 fully saturated rings. The molecule has 0 aliphatic carbocycles. The van der Waals surface area contributed by atoms with Crippen molar-refractivity contribution in [3.63, 3.8) is 0 Å². The molecule has 0 saturated carbocycles. The number of unbranched alkanes of at least 4 members (excludes halogenated alkanes) is 31. The van der Waals surface area contributed by atoms with E-state index in [9.17, 15) is 19.8 Å². The maximum Gasteiger partial charge on any atom is 0.305 e. The lowest BCUT2D eigenvalue weighted by molar-refractivity contribution is -0.143. The maximum atomic E-state index is 12.4. The monoisotopic (exact) mass is 776 g/mol. The van der Waals surface area contributed by atoms with Crippen molar-refractivity contribution in [3.05, 3.63) is 24.3 Å². The van der Waals surface area contributed by atoms with E-state index >= 15 is 0 Å². The van der Waals surface area contributed by atoms with Gasteiger partial charge < -0.3 is 20.3 Å². The highest BCUT2D eigenvalue weighted by Crippen LogP contribution is 2.15. The van der Waals surface area contributed by atoms with Gasteiger partial charge in [-0.05, 0) is 57.8 Å². The summed E-state index contributed by atoms with van der Waals surface area (Å²) in [4.78, 5) is 24.4. The molecule has 0 saturated heterocycles. The van der Waals surface area contributed by atoms with E-state index in [0.29, 0.717) is 19.4 Å². The van der Waals surface area contributed by atoms with Crippen LogP contribution in [-0.2, 0) is 14.3 Å². The number of esters is 1. The largest absolute Gasteiger partial charge is 0.466 e. The first-order valence-corrected chi connectivity index (χ1v) is 24.1. The van der Waals surface area contributed by atoms with E-state index in [0.717, 1.165) is 57.8 Å². The van der Waals surface area contributed by atoms with Crippen molar-refractivity contribution in [1.29, 1.82) is 0 Å². The molecule has 0 aliphatic rings. The van der Waals surface area contributed by atoms with Crippen LogP contribution in [0.4, 0.5) is 0 Å². The van der Waals surface area contributed by atoms with Gasteiger partial charge in [-0.15, -0.1) is 0 Å². The number of nitrogens with one attached hydrogen (secondary N) is 1. The van der Waals surface area contributed by atoms with Crippen molar-refractivity contribution in [1.82, 2.24) is 5.32 Å². The van der Waals surface area contributed by atoms with Gasteiger partial charge in [0.15, 0.2) is 0 Å². The summed E-state index contributed by atoms with van der Waals surface area (Å²) < 4.78 is 5.45. The first kappa shape index (κ1) is 53.3. The van der Waals surface area contributed by atoms with Gasteiger partial charge in [0.2, 0.25) is 5.91 Å². The zero-order valence-corrected chi connectivity index (χ0v) is 36.7. The number of hydrogen-bond donors (Lipinski definition) is 3. The molecule has 6 heteroatoms. The van der Waals surface area contributed by atoms with E-state index in [2.05, 4.69) is 31.3 Å². The third-order valence-electron chi connectivity index (χ3n) is 11.0. The van der Waals surface area contributed by atoms with Gasteiger partial charge in [-0.2, -0.15) is 0 Å². The Morgan fingerprint density at radius 1 is 0.491 bits per heavy atom. The van der Waals surface area contributed by atoms with Gasteiger partial charge in [-0.1, -0.05) is 205 Å². The van der Waals surface area contributed by atoms with E-state index in [1.807, 2.05) is 6.08 Å². The Bertz CT molecular complexity index is 858. The minimum Gasteiger partial charge on any atom is -0.466 e. The lowest BCUT2D eigenvalue weighted by Crippen LogP contribution is -2.45. The summed E-state index contributed by atoms with van der Waals surface area (Å²) in [7, 11) is 0. The molecule has 0 bridgehead atoms. The van der Waals surface area contributed by atoms with Gasteiger partial charge in [0.05, 0.1) is 25.4 Å². The predicted molar refractivity (Wildman–Crippen MR) is 236 cm³/mol. The SMILES string of the molecule is CCCCCCC/C=C\CCCCCCCC(=O)OCCCCCCCCCCCCCCCCC(=O)NC(CO)C(O)/C=C/CCCCCCCCCC. The molecule has 2 atom stereocenters. The number of amides is 1. The Hall–Kier alpha value is -1.66. The summed E-state index contributed by atoms with van der Waals surface area (Å²) in [6.45, 7) is 4.84. The molecule has 0 heterocycles. The number of rotatable bonds is 44. The number of hydrogen-bond acceptors (Lipinski definition) is 5. The van der Waals surface area contributed by atoms with Crippen LogP contribution in [0, 0.1) is 0 Å². The van der Waals surface area contributed by atoms with E-state index in [-0.39, 0.29) is 18.5 Å². The molecule has 0 aromatic rings. The fraction of sp³-hybridized carbons (Fsp3) is 0.878. The summed E-state index contributed by atoms with van der Waals surface area (Å²) in [5.74, 6) is -0.0941. The number of aliphatic hydroxyl groups is 2. The Labute approximate surface area is 341 Å². The van der Waals surface area contributed by atoms with Gasteiger partial charge in [0, 0.05) is 12.8 Å². The summed E-state index contributed by atoms with van der Waals surface area (Å²) in [5.41, 5.74) is 0. The first-order chi connectivity index (χ1) is 27.0. The molecular weight excluding hydrogens is 683 g/mol. The lowest BCUT2D eigenvalue weighted by Gasteiger charge is -2.20. The molecule has 2 unspecified atom stereocenters. The van der Waals surface area contributed by atoms with Crippen LogP contribution in [0.3, 0.4) is 0 Å². The molecule has 0 spiro atoms. The van der Waals surface area contributed by atoms with Crippen LogP contribution >= 0.6 is 0 Å². The molecule has 0 radical (unpaired) electrons. The number of carbonyl (C=O) groups excluding carboxylic acids is 2. The van der Waals surface area contributed by atoms with Crippen molar-refractivity contribution in [2.75, 3.05) is 13.2 Å². The fourth-order valence-electron chi connectivity index (χ4n) is 7.21. The van der Waals surface area contributed by atoms with Crippen molar-refractivity contribution >= 4 is 11.9 Å². The molecule has 55 heavy (non-hydrogen) atoms. The highest BCUT2D eigenvalue weighted by molar-refractivity contribution is 5.76. The number of allylic oxidation sites excluding steroid dienone is 3. The van der Waals surface area contributed by atoms with Crippen LogP contribution in [0.15, 0.2) is 24.3 Å². The van der Waals surface area contributed by atoms with Crippen LogP contribution in [0.5, 0.6) is 0 Å². The molecule has 3 N–H and O–H groups in total. The third kappa shape index (κ3) is 41.8. The van der Waals surface area contributed by atoms with E-state index in [1.54, 1.807) is 6.08 Å². The summed E-state index contributed by atoms with van der Waals surface area (Å²) in [5, 5.41) is 22.9. The molecule has 324 valence electrons. The zero-order chi connectivity index (χ0) is 40.1. The summed E-state index contributed by atoms with van der Waals surface area (Å²) in [6, 6.07) is -0.633. The lowest BCUT2D eigenvalue weighted by atomic mass is 10.0. The second-order valence-electron chi connectivity index (χ2n) is 16.4. The zero-order valence-electron chi connectivity index (χ0n) is 36.7. The molecule has 0 aromatic carbocycles. The number of carbonyl (C=O) groups is 2. The second kappa shape index (κ2) is 45.0. The smallest absolute Gasteiger partial charge is 0.305 e. The fourth-order valence-corrected chi connectivity index (χ4v) is 7.21. The Morgan fingerprint density at radius 3 is 1.29 bits per heavy atom. The van der Waals surface area contributed by atoms with Gasteiger partial charge >= 0.3 is 5.97 Å². The van der Waals surface area contributed by atoms with Crippen molar-refractivity contribution < 1.29 is 24.5 Å². The van der Waals surface area contributed by atoms with Crippen LogP contribution < -0.4 is 5.32 Å². The topological polar surface area (TPSA) is 95.9 Å². The summed E-state index contributed by atoms with van der Waals surface area (Å²) >= 11 is 0. The van der Waals surface area contributed by atoms with E-state index in [1.165, 1.54) is 167 Å². The molecule has 0 rings (SSSR count). The highest BCUT2D eigenvalue weighted by atomic mass is 16.5. The molecular formula is C49H93NO5. The van der Waals surface area contributed by atoms with Crippen molar-refractivity contribution in [2.24, 2.45) is 0 Å². The predicted octanol–water partition coefficient (Wildman–Crippen LogP) is 14.0. The van der Waals surface area contributed by atoms with Crippen LogP contribution in [0.1, 0.15) is 251 Å². The average molecular weight is 776 g/mol. The van der Waals surface area contributed by atoms with E-state index < -0.39 is 12.1 Å².